The fourth-order valence-electron chi connectivity index (χ4n) is 12.8. The highest BCUT2D eigenvalue weighted by Gasteiger charge is 2.50. The predicted molar refractivity (Wildman–Crippen MR) is 271 cm³/mol. The third kappa shape index (κ3) is 8.90. The van der Waals surface area contributed by atoms with Crippen LogP contribution in [0.25, 0.3) is 11.0 Å². The molecule has 12 rings (SSSR count). The molecule has 1 saturated carbocycles. The van der Waals surface area contributed by atoms with E-state index in [4.69, 9.17) is 19.2 Å². The van der Waals surface area contributed by atoms with Gasteiger partial charge in [-0.25, -0.2) is 21.9 Å². The normalized spacial score (nSPS) is 24.8. The van der Waals surface area contributed by atoms with E-state index in [1.54, 1.807) is 12.3 Å². The molecule has 5 aromatic rings. The Bertz CT molecular complexity index is 3070. The van der Waals surface area contributed by atoms with Crippen molar-refractivity contribution in [3.63, 3.8) is 0 Å². The molecule has 17 nitrogen and oxygen atoms in total. The van der Waals surface area contributed by atoms with Crippen molar-refractivity contribution in [1.29, 1.82) is 0 Å². The Hall–Kier alpha value is -6.09. The number of aromatic amines is 1. The molecule has 4 saturated heterocycles. The highest BCUT2D eigenvalue weighted by atomic mass is 32.2. The molecule has 0 unspecified atom stereocenters. The molecule has 0 bridgehead atoms. The van der Waals surface area contributed by atoms with Crippen LogP contribution >= 0.6 is 0 Å². The van der Waals surface area contributed by atoms with Crippen molar-refractivity contribution in [2.45, 2.75) is 112 Å². The number of benzene rings is 3. The zero-order valence-corrected chi connectivity index (χ0v) is 41.8. The number of likely N-dealkylation sites (tertiary alicyclic amines) is 2. The van der Waals surface area contributed by atoms with Crippen molar-refractivity contribution in [1.82, 2.24) is 24.5 Å². The van der Waals surface area contributed by atoms with E-state index >= 15 is 0 Å². The summed E-state index contributed by atoms with van der Waals surface area (Å²) in [5, 5.41) is 16.4. The van der Waals surface area contributed by atoms with Crippen molar-refractivity contribution in [3.8, 4) is 11.6 Å². The smallest absolute Gasteiger partial charge is 0.297 e. The first-order valence-corrected chi connectivity index (χ1v) is 27.2. The molecule has 1 aliphatic carbocycles. The Morgan fingerprint density at radius 1 is 0.959 bits per heavy atom. The number of rotatable bonds is 11. The second kappa shape index (κ2) is 18.4. The molecule has 6 aliphatic heterocycles. The van der Waals surface area contributed by atoms with Gasteiger partial charge in [-0.2, -0.15) is 4.98 Å². The number of nitro benzene ring substituents is 1. The average molecular weight is 1020 g/mol. The topological polar surface area (TPSA) is 188 Å². The lowest BCUT2D eigenvalue weighted by Gasteiger charge is -2.56. The van der Waals surface area contributed by atoms with E-state index in [0.717, 1.165) is 55.7 Å². The number of H-pyrrole nitrogens is 1. The fraction of sp³-hybridized carbons (Fsp3) is 0.509. The summed E-state index contributed by atoms with van der Waals surface area (Å²) in [6.45, 7) is 8.51. The van der Waals surface area contributed by atoms with Crippen LogP contribution in [0.15, 0.2) is 77.8 Å². The predicted octanol–water partition coefficient (Wildman–Crippen LogP) is 8.50. The van der Waals surface area contributed by atoms with Gasteiger partial charge in [0.05, 0.1) is 46.4 Å². The van der Waals surface area contributed by atoms with Crippen LogP contribution in [0, 0.1) is 15.5 Å². The first kappa shape index (κ1) is 47.9. The summed E-state index contributed by atoms with van der Waals surface area (Å²) >= 11 is 0. The number of fused-ring (bicyclic) bond motifs is 4. The largest absolute Gasteiger partial charge is 0.489 e. The summed E-state index contributed by atoms with van der Waals surface area (Å²) in [5.74, 6) is -2.94. The summed E-state index contributed by atoms with van der Waals surface area (Å²) in [7, 11) is -4.76. The van der Waals surface area contributed by atoms with Crippen molar-refractivity contribution >= 4 is 55.4 Å². The van der Waals surface area contributed by atoms with Crippen LogP contribution in [0.5, 0.6) is 11.6 Å². The van der Waals surface area contributed by atoms with E-state index in [0.29, 0.717) is 47.4 Å². The first-order valence-electron chi connectivity index (χ1n) is 25.8. The van der Waals surface area contributed by atoms with Gasteiger partial charge in [0.1, 0.15) is 24.0 Å². The van der Waals surface area contributed by atoms with E-state index in [1.807, 2.05) is 34.1 Å². The SMILES string of the molecule is CC(C)c1ccccc1[C@@H]1CCCN1C1CC2(CCN(c3ccc(C(=O)NS(=O)(=O)c4cc5c(c([N+](=O)[O-])c4)N[C@@H](CN4CCC(F)(F)CC4)CO5)c(N4c5cc6cc[nH]c6nc5O[C@@H]5COC[C@H]54)c3)CC2)C1. The number of nitro groups is 1. The molecule has 2 aromatic heterocycles. The molecule has 73 heavy (non-hydrogen) atoms. The maximum atomic E-state index is 14.7. The number of nitrogens with one attached hydrogen (secondary N) is 3. The highest BCUT2D eigenvalue weighted by Crippen LogP contribution is 2.55. The van der Waals surface area contributed by atoms with Gasteiger partial charge in [0.25, 0.3) is 27.5 Å². The van der Waals surface area contributed by atoms with Crippen molar-refractivity contribution in [3.05, 3.63) is 99.7 Å². The van der Waals surface area contributed by atoms with Crippen LogP contribution in [0.1, 0.15) is 98.7 Å². The number of halogens is 2. The van der Waals surface area contributed by atoms with Gasteiger partial charge >= 0.3 is 0 Å². The standard InChI is InChI=1S/C53H61F2N9O8S/c1-32(2)38-6-3-4-7-39(38)41-8-5-17-62(41)36-26-52(27-36)12-20-61(21-13-52)35-9-10-40(42(23-35)63-44-22-33-11-16-56-49(33)58-51(44)72-47-31-70-30-45(47)63)50(65)59-73(68,69)37-24-43(64(66)67)48-46(25-37)71-29-34(57-48)28-60-18-14-53(54,55)15-19-60/h3-4,6-7,9-11,16,22-25,32,34,36,41,45,47,57H,5,8,12-15,17-21,26-31H2,1-2H3,(H,56,58)(H,59,65)/t34-,41-,45+,47+/m0/s1. The minimum atomic E-state index is -4.76. The Morgan fingerprint density at radius 3 is 2.53 bits per heavy atom. The minimum Gasteiger partial charge on any atom is -0.489 e. The Labute approximate surface area is 422 Å². The lowest BCUT2D eigenvalue weighted by molar-refractivity contribution is -0.384. The number of hydrogen-bond donors (Lipinski definition) is 3. The van der Waals surface area contributed by atoms with Crippen LogP contribution in [0.4, 0.5) is 37.2 Å². The molecule has 1 spiro atoms. The number of carbonyl (C=O) groups excluding carboxylic acids is 1. The van der Waals surface area contributed by atoms with Gasteiger partial charge in [0, 0.05) is 87.1 Å². The van der Waals surface area contributed by atoms with Crippen LogP contribution in [-0.2, 0) is 14.8 Å². The highest BCUT2D eigenvalue weighted by molar-refractivity contribution is 7.90. The van der Waals surface area contributed by atoms with Gasteiger partial charge in [-0.3, -0.25) is 19.8 Å². The summed E-state index contributed by atoms with van der Waals surface area (Å²) in [6, 6.07) is 20.5. The fourth-order valence-corrected chi connectivity index (χ4v) is 13.8. The van der Waals surface area contributed by atoms with Crippen LogP contribution in [0.3, 0.4) is 0 Å². The molecule has 1 amide bonds. The Morgan fingerprint density at radius 2 is 1.75 bits per heavy atom. The number of ether oxygens (including phenoxy) is 3. The van der Waals surface area contributed by atoms with Gasteiger partial charge < -0.3 is 39.2 Å². The molecule has 3 aromatic carbocycles. The third-order valence-corrected chi connectivity index (χ3v) is 18.0. The lowest BCUT2D eigenvalue weighted by atomic mass is 9.59. The maximum Gasteiger partial charge on any atom is 0.297 e. The zero-order chi connectivity index (χ0) is 50.4. The van der Waals surface area contributed by atoms with Gasteiger partial charge in [-0.15, -0.1) is 0 Å². The number of hydrogen-bond acceptors (Lipinski definition) is 14. The molecule has 0 radical (unpaired) electrons. The summed E-state index contributed by atoms with van der Waals surface area (Å²) in [6.07, 6.45) is 7.59. The maximum absolute atomic E-state index is 14.7. The summed E-state index contributed by atoms with van der Waals surface area (Å²) in [5.41, 5.74) is 5.19. The van der Waals surface area contributed by atoms with Gasteiger partial charge in [-0.05, 0) is 97.9 Å². The molecule has 20 heteroatoms. The number of aromatic nitrogens is 2. The lowest BCUT2D eigenvalue weighted by Crippen LogP contribution is -2.55. The molecule has 4 atom stereocenters. The number of anilines is 4. The molecule has 7 aliphatic rings. The number of nitrogens with zero attached hydrogens (tertiary/aromatic N) is 6. The second-order valence-electron chi connectivity index (χ2n) is 21.6. The average Bonchev–Trinajstić information content (AvgIpc) is 4.16. The third-order valence-electron chi connectivity index (χ3n) is 16.7. The molecule has 8 heterocycles. The molecular weight excluding hydrogens is 961 g/mol. The van der Waals surface area contributed by atoms with E-state index in [9.17, 15) is 32.1 Å². The first-order chi connectivity index (χ1) is 35.1. The summed E-state index contributed by atoms with van der Waals surface area (Å²) in [4.78, 5) is 42.9. The van der Waals surface area contributed by atoms with Crippen molar-refractivity contribution in [2.75, 3.05) is 74.2 Å². The van der Waals surface area contributed by atoms with Crippen LogP contribution in [-0.4, -0.2) is 128 Å². The van der Waals surface area contributed by atoms with E-state index in [-0.39, 0.29) is 68.2 Å². The number of amides is 1. The minimum absolute atomic E-state index is 0.00496. The molecule has 5 fully saturated rings. The Kier molecular flexibility index (Phi) is 12.1. The van der Waals surface area contributed by atoms with Crippen molar-refractivity contribution < 1.29 is 41.1 Å². The van der Waals surface area contributed by atoms with E-state index in [1.165, 1.54) is 36.8 Å². The molecular formula is C53H61F2N9O8S. The zero-order valence-electron chi connectivity index (χ0n) is 41.0. The van der Waals surface area contributed by atoms with Gasteiger partial charge in [0.15, 0.2) is 11.4 Å². The van der Waals surface area contributed by atoms with Crippen LogP contribution < -0.4 is 29.3 Å². The summed E-state index contributed by atoms with van der Waals surface area (Å²) < 4.78 is 76.9. The Balaban J connectivity index is 0.814. The molecule has 3 N–H and O–H groups in total. The van der Waals surface area contributed by atoms with Gasteiger partial charge in [-0.1, -0.05) is 38.1 Å². The quantitative estimate of drug-likeness (QED) is 0.0844. The number of pyridine rings is 1. The van der Waals surface area contributed by atoms with Crippen molar-refractivity contribution in [2.24, 2.45) is 5.41 Å². The van der Waals surface area contributed by atoms with E-state index in [2.05, 4.69) is 62.9 Å². The number of alkyl halides is 2. The number of carbonyl (C=O) groups is 1. The molecule has 386 valence electrons. The monoisotopic (exact) mass is 1020 g/mol. The van der Waals surface area contributed by atoms with Crippen LogP contribution in [0.2, 0.25) is 0 Å². The number of sulfonamides is 1. The number of piperidine rings is 2. The second-order valence-corrected chi connectivity index (χ2v) is 23.3. The van der Waals surface area contributed by atoms with Gasteiger partial charge in [0.2, 0.25) is 5.88 Å². The van der Waals surface area contributed by atoms with E-state index < -0.39 is 55.5 Å².